The van der Waals surface area contributed by atoms with Crippen molar-refractivity contribution >= 4 is 0 Å². The van der Waals surface area contributed by atoms with Crippen LogP contribution in [0, 0.1) is 5.41 Å². The maximum atomic E-state index is 4.31. The molecule has 0 N–H and O–H groups in total. The molecular formula is C10H18N. The Morgan fingerprint density at radius 2 is 1.91 bits per heavy atom. The maximum absolute atomic E-state index is 4.31. The predicted molar refractivity (Wildman–Crippen MR) is 50.7 cm³/mol. The summed E-state index contributed by atoms with van der Waals surface area (Å²) in [6.45, 7) is 13.4. The Morgan fingerprint density at radius 1 is 1.27 bits per heavy atom. The van der Waals surface area contributed by atoms with E-state index in [-0.39, 0.29) is 5.41 Å². The molecule has 0 spiro atoms. The molecule has 0 aromatic carbocycles. The molecule has 0 aromatic heterocycles. The molecule has 0 heterocycles. The molecule has 1 nitrogen and oxygen atoms in total. The lowest BCUT2D eigenvalue weighted by molar-refractivity contribution is 0.348. The van der Waals surface area contributed by atoms with Gasteiger partial charge in [-0.1, -0.05) is 26.0 Å². The van der Waals surface area contributed by atoms with E-state index in [0.717, 1.165) is 19.5 Å². The van der Waals surface area contributed by atoms with Gasteiger partial charge in [-0.2, -0.15) is 0 Å². The molecule has 0 atom stereocenters. The van der Waals surface area contributed by atoms with Crippen molar-refractivity contribution in [2.75, 3.05) is 13.1 Å². The second kappa shape index (κ2) is 5.14. The highest BCUT2D eigenvalue weighted by molar-refractivity contribution is 4.82. The van der Waals surface area contributed by atoms with Crippen LogP contribution in [0.4, 0.5) is 0 Å². The summed E-state index contributed by atoms with van der Waals surface area (Å²) >= 11 is 0. The molecule has 0 bridgehead atoms. The third-order valence-electron chi connectivity index (χ3n) is 1.49. The van der Waals surface area contributed by atoms with Crippen LogP contribution >= 0.6 is 0 Å². The van der Waals surface area contributed by atoms with E-state index in [0.29, 0.717) is 0 Å². The highest BCUT2D eigenvalue weighted by Gasteiger charge is 2.14. The molecule has 0 fully saturated rings. The summed E-state index contributed by atoms with van der Waals surface area (Å²) in [7, 11) is 0. The van der Waals surface area contributed by atoms with Crippen LogP contribution in [0.5, 0.6) is 0 Å². The standard InChI is InChI=1S/C10H18N/c1-5-7-10(3,4)9-11-8-6-2/h5-6H,1-2,7-9H2,3-4H3. The maximum Gasteiger partial charge on any atom is 0.0311 e. The van der Waals surface area contributed by atoms with Gasteiger partial charge >= 0.3 is 0 Å². The van der Waals surface area contributed by atoms with Gasteiger partial charge in [-0.05, 0) is 11.8 Å². The summed E-state index contributed by atoms with van der Waals surface area (Å²) < 4.78 is 0. The van der Waals surface area contributed by atoms with Crippen molar-refractivity contribution in [1.82, 2.24) is 5.32 Å². The molecule has 1 radical (unpaired) electrons. The first kappa shape index (κ1) is 10.4. The summed E-state index contributed by atoms with van der Waals surface area (Å²) in [5.41, 5.74) is 0.269. The summed E-state index contributed by atoms with van der Waals surface area (Å²) in [4.78, 5) is 0. The Morgan fingerprint density at radius 3 is 2.36 bits per heavy atom. The second-order valence-corrected chi connectivity index (χ2v) is 3.51. The van der Waals surface area contributed by atoms with Gasteiger partial charge in [0.15, 0.2) is 0 Å². The molecule has 0 unspecified atom stereocenters. The van der Waals surface area contributed by atoms with E-state index in [1.165, 1.54) is 0 Å². The molecule has 0 saturated heterocycles. The van der Waals surface area contributed by atoms with Crippen LogP contribution in [0.2, 0.25) is 0 Å². The molecule has 0 aliphatic rings. The van der Waals surface area contributed by atoms with E-state index < -0.39 is 0 Å². The summed E-state index contributed by atoms with van der Waals surface area (Å²) in [6, 6.07) is 0. The average molecular weight is 152 g/mol. The largest absolute Gasteiger partial charge is 0.237 e. The Kier molecular flexibility index (Phi) is 4.88. The fourth-order valence-electron chi connectivity index (χ4n) is 0.914. The van der Waals surface area contributed by atoms with Crippen LogP contribution < -0.4 is 5.32 Å². The van der Waals surface area contributed by atoms with Crippen molar-refractivity contribution in [3.8, 4) is 0 Å². The smallest absolute Gasteiger partial charge is 0.0311 e. The minimum absolute atomic E-state index is 0.269. The number of allylic oxidation sites excluding steroid dienone is 1. The van der Waals surface area contributed by atoms with Crippen LogP contribution in [-0.4, -0.2) is 13.1 Å². The average Bonchev–Trinajstić information content (AvgIpc) is 1.87. The molecule has 0 aliphatic carbocycles. The number of hydrogen-bond acceptors (Lipinski definition) is 0. The second-order valence-electron chi connectivity index (χ2n) is 3.51. The van der Waals surface area contributed by atoms with Gasteiger partial charge in [-0.25, -0.2) is 5.32 Å². The molecule has 0 rings (SSSR count). The molecule has 0 saturated carbocycles. The minimum Gasteiger partial charge on any atom is -0.237 e. The molecule has 63 valence electrons. The SMILES string of the molecule is C=CC[N]CC(C)(C)CC=C. The van der Waals surface area contributed by atoms with Crippen LogP contribution in [0.25, 0.3) is 0 Å². The molecule has 0 amide bonds. The van der Waals surface area contributed by atoms with Gasteiger partial charge in [-0.3, -0.25) is 0 Å². The zero-order valence-corrected chi connectivity index (χ0v) is 7.64. The van der Waals surface area contributed by atoms with Crippen molar-refractivity contribution in [1.29, 1.82) is 0 Å². The van der Waals surface area contributed by atoms with E-state index in [1.54, 1.807) is 0 Å². The van der Waals surface area contributed by atoms with E-state index in [9.17, 15) is 0 Å². The van der Waals surface area contributed by atoms with Crippen molar-refractivity contribution in [2.45, 2.75) is 20.3 Å². The highest BCUT2D eigenvalue weighted by Crippen LogP contribution is 2.19. The number of rotatable bonds is 6. The highest BCUT2D eigenvalue weighted by atomic mass is 14.9. The lowest BCUT2D eigenvalue weighted by atomic mass is 9.89. The zero-order valence-electron chi connectivity index (χ0n) is 7.64. The van der Waals surface area contributed by atoms with Gasteiger partial charge in [0, 0.05) is 13.1 Å². The van der Waals surface area contributed by atoms with Crippen LogP contribution in [0.3, 0.4) is 0 Å². The van der Waals surface area contributed by atoms with Crippen molar-refractivity contribution in [2.24, 2.45) is 5.41 Å². The summed E-state index contributed by atoms with van der Waals surface area (Å²) in [5, 5.41) is 4.31. The van der Waals surface area contributed by atoms with Crippen molar-refractivity contribution < 1.29 is 0 Å². The Balaban J connectivity index is 3.53. The number of hydrogen-bond donors (Lipinski definition) is 0. The quantitative estimate of drug-likeness (QED) is 0.410. The third-order valence-corrected chi connectivity index (χ3v) is 1.49. The van der Waals surface area contributed by atoms with Gasteiger partial charge in [0.2, 0.25) is 0 Å². The van der Waals surface area contributed by atoms with Crippen LogP contribution in [-0.2, 0) is 0 Å². The molecule has 0 aliphatic heterocycles. The topological polar surface area (TPSA) is 14.1 Å². The summed E-state index contributed by atoms with van der Waals surface area (Å²) in [6.07, 6.45) is 4.79. The first-order valence-corrected chi connectivity index (χ1v) is 3.97. The lowest BCUT2D eigenvalue weighted by Crippen LogP contribution is -2.24. The molecule has 1 heteroatoms. The fourth-order valence-corrected chi connectivity index (χ4v) is 0.914. The van der Waals surface area contributed by atoms with Gasteiger partial charge in [0.1, 0.15) is 0 Å². The Hall–Kier alpha value is -0.560. The van der Waals surface area contributed by atoms with Gasteiger partial charge < -0.3 is 0 Å². The predicted octanol–water partition coefficient (Wildman–Crippen LogP) is 2.38. The van der Waals surface area contributed by atoms with Gasteiger partial charge in [-0.15, -0.1) is 13.2 Å². The first-order valence-electron chi connectivity index (χ1n) is 3.97. The van der Waals surface area contributed by atoms with E-state index in [2.05, 4.69) is 32.3 Å². The normalized spacial score (nSPS) is 11.1. The lowest BCUT2D eigenvalue weighted by Gasteiger charge is -2.21. The van der Waals surface area contributed by atoms with Gasteiger partial charge in [0.25, 0.3) is 0 Å². The first-order chi connectivity index (χ1) is 5.12. The van der Waals surface area contributed by atoms with Gasteiger partial charge in [0.05, 0.1) is 0 Å². The molecule has 11 heavy (non-hydrogen) atoms. The summed E-state index contributed by atoms with van der Waals surface area (Å²) in [5.74, 6) is 0. The van der Waals surface area contributed by atoms with Crippen molar-refractivity contribution in [3.63, 3.8) is 0 Å². The van der Waals surface area contributed by atoms with Crippen molar-refractivity contribution in [3.05, 3.63) is 25.3 Å². The van der Waals surface area contributed by atoms with E-state index >= 15 is 0 Å². The van der Waals surface area contributed by atoms with Crippen LogP contribution in [0.1, 0.15) is 20.3 Å². The van der Waals surface area contributed by atoms with Crippen LogP contribution in [0.15, 0.2) is 25.3 Å². The molecule has 0 aromatic rings. The van der Waals surface area contributed by atoms with E-state index in [4.69, 9.17) is 0 Å². The Labute approximate surface area is 70.2 Å². The Bertz CT molecular complexity index is 125. The fraction of sp³-hybridized carbons (Fsp3) is 0.600. The molecular weight excluding hydrogens is 134 g/mol. The van der Waals surface area contributed by atoms with E-state index in [1.807, 2.05) is 12.2 Å². The minimum atomic E-state index is 0.269. The number of nitrogens with zero attached hydrogens (tertiary/aromatic N) is 1. The third kappa shape index (κ3) is 5.86. The monoisotopic (exact) mass is 152 g/mol. The zero-order chi connectivity index (χ0) is 8.74.